The van der Waals surface area contributed by atoms with Crippen molar-refractivity contribution in [1.29, 1.82) is 0 Å². The number of Topliss-reactive ketones (excluding diaryl/α,β-unsaturated/α-hetero) is 2. The summed E-state index contributed by atoms with van der Waals surface area (Å²) in [6, 6.07) is 0. The van der Waals surface area contributed by atoms with E-state index in [1.165, 1.54) is 25.7 Å². The summed E-state index contributed by atoms with van der Waals surface area (Å²) in [5.74, 6) is 2.07. The lowest BCUT2D eigenvalue weighted by Gasteiger charge is -2.45. The number of carbonyl (C=O) groups excluding carboxylic acids is 2. The molecule has 0 amide bonds. The Morgan fingerprint density at radius 3 is 2.53 bits per heavy atom. The van der Waals surface area contributed by atoms with Gasteiger partial charge in [0.25, 0.3) is 0 Å². The largest absolute Gasteiger partial charge is 0.299 e. The molecule has 0 saturated heterocycles. The molecule has 3 rings (SSSR count). The van der Waals surface area contributed by atoms with Crippen LogP contribution in [0.25, 0.3) is 0 Å². The van der Waals surface area contributed by atoms with Gasteiger partial charge < -0.3 is 0 Å². The molecule has 0 aromatic heterocycles. The molecule has 3 fully saturated rings. The van der Waals surface area contributed by atoms with Crippen molar-refractivity contribution in [3.05, 3.63) is 12.2 Å². The van der Waals surface area contributed by atoms with Crippen LogP contribution in [0.2, 0.25) is 0 Å². The maximum atomic E-state index is 12.4. The third-order valence-electron chi connectivity index (χ3n) is 5.90. The molecule has 104 valence electrons. The maximum absolute atomic E-state index is 12.4. The zero-order valence-electron chi connectivity index (χ0n) is 11.9. The van der Waals surface area contributed by atoms with Gasteiger partial charge in [-0.05, 0) is 48.5 Å². The van der Waals surface area contributed by atoms with Gasteiger partial charge in [-0.25, -0.2) is 0 Å². The standard InChI is InChI=1S/C17H24O2/c1-10-5-3-4-6-12-13-8-7-11(2)17(19)16(13)15(18)9-14(10)12/h10,12-14,16H,2-9H2,1H3. The molecule has 5 atom stereocenters. The van der Waals surface area contributed by atoms with E-state index in [-0.39, 0.29) is 17.5 Å². The molecule has 2 nitrogen and oxygen atoms in total. The number of allylic oxidation sites excluding steroid dienone is 1. The van der Waals surface area contributed by atoms with Gasteiger partial charge in [0.05, 0.1) is 5.92 Å². The Kier molecular flexibility index (Phi) is 3.36. The highest BCUT2D eigenvalue weighted by Gasteiger charge is 2.50. The predicted octanol–water partition coefficient (Wildman–Crippen LogP) is 3.55. The Hall–Kier alpha value is -0.920. The second-order valence-electron chi connectivity index (χ2n) is 6.91. The van der Waals surface area contributed by atoms with Crippen LogP contribution < -0.4 is 0 Å². The highest BCUT2D eigenvalue weighted by atomic mass is 16.2. The van der Waals surface area contributed by atoms with Gasteiger partial charge in [-0.3, -0.25) is 9.59 Å². The smallest absolute Gasteiger partial charge is 0.168 e. The van der Waals surface area contributed by atoms with Crippen molar-refractivity contribution in [3.63, 3.8) is 0 Å². The number of fused-ring (bicyclic) bond motifs is 3. The molecule has 0 bridgehead atoms. The topological polar surface area (TPSA) is 34.1 Å². The van der Waals surface area contributed by atoms with Crippen molar-refractivity contribution in [2.24, 2.45) is 29.6 Å². The van der Waals surface area contributed by atoms with E-state index >= 15 is 0 Å². The minimum atomic E-state index is -0.326. The van der Waals surface area contributed by atoms with Gasteiger partial charge in [0.15, 0.2) is 5.78 Å². The monoisotopic (exact) mass is 260 g/mol. The minimum absolute atomic E-state index is 0.0663. The molecular formula is C17H24O2. The fourth-order valence-corrected chi connectivity index (χ4v) is 4.83. The summed E-state index contributed by atoms with van der Waals surface area (Å²) < 4.78 is 0. The van der Waals surface area contributed by atoms with Crippen LogP contribution in [0.5, 0.6) is 0 Å². The Balaban J connectivity index is 1.92. The average Bonchev–Trinajstić information content (AvgIpc) is 2.56. The molecule has 0 aromatic rings. The molecule has 0 spiro atoms. The van der Waals surface area contributed by atoms with Crippen LogP contribution in [0.1, 0.15) is 51.9 Å². The third-order valence-corrected chi connectivity index (χ3v) is 5.90. The van der Waals surface area contributed by atoms with Gasteiger partial charge in [0, 0.05) is 6.42 Å². The first-order chi connectivity index (χ1) is 9.09. The molecule has 5 unspecified atom stereocenters. The molecule has 3 aliphatic rings. The zero-order valence-corrected chi connectivity index (χ0v) is 11.9. The highest BCUT2D eigenvalue weighted by molar-refractivity contribution is 6.11. The molecule has 2 heteroatoms. The highest BCUT2D eigenvalue weighted by Crippen LogP contribution is 2.50. The summed E-state index contributed by atoms with van der Waals surface area (Å²) in [6.07, 6.45) is 7.51. The summed E-state index contributed by atoms with van der Waals surface area (Å²) in [7, 11) is 0. The van der Waals surface area contributed by atoms with Crippen LogP contribution >= 0.6 is 0 Å². The summed E-state index contributed by atoms with van der Waals surface area (Å²) in [6.45, 7) is 6.16. The van der Waals surface area contributed by atoms with Gasteiger partial charge in [0.2, 0.25) is 0 Å². The number of rotatable bonds is 0. The lowest BCUT2D eigenvalue weighted by atomic mass is 9.57. The first-order valence-electron chi connectivity index (χ1n) is 7.84. The van der Waals surface area contributed by atoms with Crippen molar-refractivity contribution in [2.45, 2.75) is 51.9 Å². The summed E-state index contributed by atoms with van der Waals surface area (Å²) in [4.78, 5) is 24.7. The Morgan fingerprint density at radius 2 is 1.74 bits per heavy atom. The van der Waals surface area contributed by atoms with Crippen molar-refractivity contribution in [3.8, 4) is 0 Å². The van der Waals surface area contributed by atoms with Gasteiger partial charge in [-0.15, -0.1) is 0 Å². The van der Waals surface area contributed by atoms with Crippen LogP contribution in [0.4, 0.5) is 0 Å². The molecule has 0 aliphatic heterocycles. The Bertz CT molecular complexity index is 423. The zero-order chi connectivity index (χ0) is 13.6. The van der Waals surface area contributed by atoms with Gasteiger partial charge in [-0.1, -0.05) is 32.8 Å². The molecule has 3 aliphatic carbocycles. The van der Waals surface area contributed by atoms with Crippen LogP contribution in [-0.2, 0) is 9.59 Å². The van der Waals surface area contributed by atoms with E-state index < -0.39 is 0 Å². The summed E-state index contributed by atoms with van der Waals surface area (Å²) >= 11 is 0. The third kappa shape index (κ3) is 2.09. The summed E-state index contributed by atoms with van der Waals surface area (Å²) in [5, 5.41) is 0. The molecular weight excluding hydrogens is 236 g/mol. The van der Waals surface area contributed by atoms with E-state index in [0.717, 1.165) is 12.8 Å². The van der Waals surface area contributed by atoms with Gasteiger partial charge in [-0.2, -0.15) is 0 Å². The molecule has 0 N–H and O–H groups in total. The van der Waals surface area contributed by atoms with E-state index in [0.29, 0.717) is 35.7 Å². The van der Waals surface area contributed by atoms with E-state index in [1.807, 2.05) is 0 Å². The van der Waals surface area contributed by atoms with Crippen molar-refractivity contribution in [1.82, 2.24) is 0 Å². The van der Waals surface area contributed by atoms with Gasteiger partial charge >= 0.3 is 0 Å². The average molecular weight is 260 g/mol. The molecule has 19 heavy (non-hydrogen) atoms. The lowest BCUT2D eigenvalue weighted by molar-refractivity contribution is -0.142. The second kappa shape index (κ2) is 4.88. The van der Waals surface area contributed by atoms with Crippen LogP contribution in [0.3, 0.4) is 0 Å². The van der Waals surface area contributed by atoms with Crippen molar-refractivity contribution < 1.29 is 9.59 Å². The van der Waals surface area contributed by atoms with E-state index in [2.05, 4.69) is 13.5 Å². The minimum Gasteiger partial charge on any atom is -0.299 e. The molecule has 0 radical (unpaired) electrons. The van der Waals surface area contributed by atoms with Crippen molar-refractivity contribution >= 4 is 11.6 Å². The van der Waals surface area contributed by atoms with Crippen LogP contribution in [0, 0.1) is 29.6 Å². The quantitative estimate of drug-likeness (QED) is 0.493. The van der Waals surface area contributed by atoms with E-state index in [1.54, 1.807) is 0 Å². The predicted molar refractivity (Wildman–Crippen MR) is 74.6 cm³/mol. The van der Waals surface area contributed by atoms with E-state index in [9.17, 15) is 9.59 Å². The first kappa shape index (κ1) is 13.1. The van der Waals surface area contributed by atoms with E-state index in [4.69, 9.17) is 0 Å². The lowest BCUT2D eigenvalue weighted by Crippen LogP contribution is -2.48. The SMILES string of the molecule is C=C1CCC2C(C(=O)CC3C(C)CCCCC32)C1=O. The maximum Gasteiger partial charge on any atom is 0.168 e. The molecule has 0 heterocycles. The second-order valence-corrected chi connectivity index (χ2v) is 6.91. The fraction of sp³-hybridized carbons (Fsp3) is 0.765. The van der Waals surface area contributed by atoms with Crippen LogP contribution in [-0.4, -0.2) is 11.6 Å². The van der Waals surface area contributed by atoms with Gasteiger partial charge in [0.1, 0.15) is 5.78 Å². The molecule has 3 saturated carbocycles. The summed E-state index contributed by atoms with van der Waals surface area (Å²) in [5.41, 5.74) is 0.690. The number of hydrogen-bond donors (Lipinski definition) is 0. The number of hydrogen-bond acceptors (Lipinski definition) is 2. The number of carbonyl (C=O) groups is 2. The normalized spacial score (nSPS) is 43.4. The van der Waals surface area contributed by atoms with Crippen molar-refractivity contribution in [2.75, 3.05) is 0 Å². The Morgan fingerprint density at radius 1 is 1.00 bits per heavy atom. The molecule has 0 aromatic carbocycles. The first-order valence-corrected chi connectivity index (χ1v) is 7.84. The number of ketones is 2. The van der Waals surface area contributed by atoms with Crippen LogP contribution in [0.15, 0.2) is 12.2 Å². The fourth-order valence-electron chi connectivity index (χ4n) is 4.83. The Labute approximate surface area is 115 Å².